The normalized spacial score (nSPS) is 34.8. The largest absolute Gasteiger partial charge is 0.390 e. The summed E-state index contributed by atoms with van der Waals surface area (Å²) in [6, 6.07) is 0. The van der Waals surface area contributed by atoms with Crippen LogP contribution in [0.5, 0.6) is 0 Å². The maximum absolute atomic E-state index is 10.7. The first-order valence-corrected chi connectivity index (χ1v) is 10.8. The lowest BCUT2D eigenvalue weighted by Crippen LogP contribution is -2.41. The third kappa shape index (κ3) is 6.36. The van der Waals surface area contributed by atoms with Gasteiger partial charge in [0.2, 0.25) is 0 Å². The highest BCUT2D eigenvalue weighted by molar-refractivity contribution is 5.18. The van der Waals surface area contributed by atoms with Crippen LogP contribution in [-0.2, 0) is 23.7 Å². The first-order chi connectivity index (χ1) is 13.9. The lowest BCUT2D eigenvalue weighted by Gasteiger charge is -2.35. The van der Waals surface area contributed by atoms with Gasteiger partial charge >= 0.3 is 0 Å². The Kier molecular flexibility index (Phi) is 9.79. The fourth-order valence-electron chi connectivity index (χ4n) is 4.28. The van der Waals surface area contributed by atoms with Crippen LogP contribution in [-0.4, -0.2) is 69.3 Å². The van der Waals surface area contributed by atoms with Gasteiger partial charge in [-0.15, -0.1) is 0 Å². The van der Waals surface area contributed by atoms with Crippen molar-refractivity contribution in [1.29, 1.82) is 0 Å². The van der Waals surface area contributed by atoms with Crippen LogP contribution in [0.2, 0.25) is 0 Å². The molecular formula is C23H40O6. The molecule has 0 spiro atoms. The topological polar surface area (TPSA) is 69.7 Å². The van der Waals surface area contributed by atoms with E-state index < -0.39 is 6.10 Å². The number of methoxy groups -OCH3 is 3. The van der Waals surface area contributed by atoms with Crippen LogP contribution in [0.1, 0.15) is 47.0 Å². The number of aliphatic hydroxyl groups excluding tert-OH is 1. The third-order valence-electron chi connectivity index (χ3n) is 6.36. The van der Waals surface area contributed by atoms with E-state index in [0.717, 1.165) is 24.8 Å². The summed E-state index contributed by atoms with van der Waals surface area (Å²) < 4.78 is 28.3. The van der Waals surface area contributed by atoms with Crippen LogP contribution in [0.15, 0.2) is 23.8 Å². The molecule has 0 aromatic rings. The van der Waals surface area contributed by atoms with Gasteiger partial charge in [0.15, 0.2) is 6.29 Å². The van der Waals surface area contributed by atoms with Crippen LogP contribution in [0, 0.1) is 11.8 Å². The fraction of sp³-hybridized carbons (Fsp3) is 0.826. The molecule has 2 saturated heterocycles. The van der Waals surface area contributed by atoms with Gasteiger partial charge in [0.1, 0.15) is 12.2 Å². The molecule has 0 aromatic carbocycles. The Morgan fingerprint density at radius 3 is 2.41 bits per heavy atom. The quantitative estimate of drug-likeness (QED) is 0.414. The number of ether oxygens (including phenoxy) is 5. The SMILES string of the molecule is CCC(OC)C(C)C1OC1C(O)C(C)/C=C/C=C(\C)C1O[C@@H](OC)CC[C@H]1OC. The Morgan fingerprint density at radius 1 is 1.10 bits per heavy atom. The van der Waals surface area contributed by atoms with Crippen LogP contribution in [0.3, 0.4) is 0 Å². The number of aliphatic hydroxyl groups is 1. The minimum Gasteiger partial charge on any atom is -0.390 e. The molecule has 0 saturated carbocycles. The van der Waals surface area contributed by atoms with Gasteiger partial charge in [0.25, 0.3) is 0 Å². The predicted octanol–water partition coefficient (Wildman–Crippen LogP) is 3.48. The van der Waals surface area contributed by atoms with Gasteiger partial charge in [0, 0.05) is 39.6 Å². The number of hydrogen-bond donors (Lipinski definition) is 1. The molecule has 6 heteroatoms. The molecular weight excluding hydrogens is 372 g/mol. The Labute approximate surface area is 176 Å². The van der Waals surface area contributed by atoms with E-state index in [9.17, 15) is 5.11 Å². The Bertz CT molecular complexity index is 543. The monoisotopic (exact) mass is 412 g/mol. The zero-order valence-electron chi connectivity index (χ0n) is 19.0. The van der Waals surface area contributed by atoms with Crippen molar-refractivity contribution in [3.8, 4) is 0 Å². The van der Waals surface area contributed by atoms with Crippen molar-refractivity contribution in [1.82, 2.24) is 0 Å². The summed E-state index contributed by atoms with van der Waals surface area (Å²) in [4.78, 5) is 0. The van der Waals surface area contributed by atoms with Crippen molar-refractivity contribution in [2.24, 2.45) is 11.8 Å². The van der Waals surface area contributed by atoms with Crippen molar-refractivity contribution in [2.45, 2.75) is 89.9 Å². The molecule has 0 amide bonds. The zero-order chi connectivity index (χ0) is 21.6. The number of hydrogen-bond acceptors (Lipinski definition) is 6. The first-order valence-electron chi connectivity index (χ1n) is 10.8. The summed E-state index contributed by atoms with van der Waals surface area (Å²) >= 11 is 0. The Balaban J connectivity index is 1.90. The maximum Gasteiger partial charge on any atom is 0.158 e. The lowest BCUT2D eigenvalue weighted by atomic mass is 9.91. The van der Waals surface area contributed by atoms with Gasteiger partial charge in [-0.2, -0.15) is 0 Å². The van der Waals surface area contributed by atoms with E-state index in [1.54, 1.807) is 21.3 Å². The molecule has 6 nitrogen and oxygen atoms in total. The van der Waals surface area contributed by atoms with Crippen LogP contribution >= 0.6 is 0 Å². The molecule has 2 aliphatic heterocycles. The van der Waals surface area contributed by atoms with Crippen LogP contribution < -0.4 is 0 Å². The van der Waals surface area contributed by atoms with E-state index >= 15 is 0 Å². The predicted molar refractivity (Wildman–Crippen MR) is 113 cm³/mol. The Morgan fingerprint density at radius 2 is 1.83 bits per heavy atom. The fourth-order valence-corrected chi connectivity index (χ4v) is 4.28. The second kappa shape index (κ2) is 11.6. The summed E-state index contributed by atoms with van der Waals surface area (Å²) in [5.74, 6) is 0.257. The second-order valence-electron chi connectivity index (χ2n) is 8.33. The van der Waals surface area contributed by atoms with Gasteiger partial charge in [-0.05, 0) is 25.3 Å². The van der Waals surface area contributed by atoms with E-state index in [1.165, 1.54) is 0 Å². The average Bonchev–Trinajstić information content (AvgIpc) is 3.54. The van der Waals surface area contributed by atoms with Gasteiger partial charge in [0.05, 0.1) is 24.4 Å². The molecule has 29 heavy (non-hydrogen) atoms. The third-order valence-corrected chi connectivity index (χ3v) is 6.36. The molecule has 2 fully saturated rings. The van der Waals surface area contributed by atoms with Crippen molar-refractivity contribution in [2.75, 3.05) is 21.3 Å². The highest BCUT2D eigenvalue weighted by atomic mass is 16.7. The minimum absolute atomic E-state index is 0.0129. The number of allylic oxidation sites excluding steroid dienone is 2. The van der Waals surface area contributed by atoms with E-state index in [4.69, 9.17) is 23.7 Å². The summed E-state index contributed by atoms with van der Waals surface area (Å²) in [6.45, 7) is 8.29. The lowest BCUT2D eigenvalue weighted by molar-refractivity contribution is -0.205. The highest BCUT2D eigenvalue weighted by Crippen LogP contribution is 2.37. The first kappa shape index (κ1) is 24.5. The standard InChI is InChI=1S/C23H40O6/c1-8-17(25-5)16(4)22-23(29-22)20(24)14(2)10-9-11-15(3)21-18(26-6)12-13-19(27-7)28-21/h9-11,14,16-24H,8,12-13H2,1-7H3/b10-9+,15-11+/t14?,16?,17?,18-,19-,20?,21?,22?,23?/m1/s1. The molecule has 168 valence electrons. The van der Waals surface area contributed by atoms with Gasteiger partial charge in [-0.3, -0.25) is 0 Å². The molecule has 0 aliphatic carbocycles. The molecule has 2 heterocycles. The molecule has 0 aromatic heterocycles. The van der Waals surface area contributed by atoms with Gasteiger partial charge in [-0.25, -0.2) is 0 Å². The number of rotatable bonds is 11. The summed E-state index contributed by atoms with van der Waals surface area (Å²) in [5.41, 5.74) is 1.08. The highest BCUT2D eigenvalue weighted by Gasteiger charge is 2.50. The van der Waals surface area contributed by atoms with Gasteiger partial charge < -0.3 is 28.8 Å². The van der Waals surface area contributed by atoms with Crippen molar-refractivity contribution < 1.29 is 28.8 Å². The molecule has 9 atom stereocenters. The van der Waals surface area contributed by atoms with E-state index in [-0.39, 0.29) is 48.6 Å². The van der Waals surface area contributed by atoms with E-state index in [2.05, 4.69) is 13.8 Å². The molecule has 0 radical (unpaired) electrons. The second-order valence-corrected chi connectivity index (χ2v) is 8.33. The Hall–Kier alpha value is -0.760. The number of epoxide rings is 1. The zero-order valence-corrected chi connectivity index (χ0v) is 19.0. The summed E-state index contributed by atoms with van der Waals surface area (Å²) in [5, 5.41) is 10.7. The van der Waals surface area contributed by atoms with Crippen LogP contribution in [0.4, 0.5) is 0 Å². The molecule has 0 bridgehead atoms. The van der Waals surface area contributed by atoms with E-state index in [1.807, 2.05) is 32.1 Å². The van der Waals surface area contributed by atoms with Crippen molar-refractivity contribution >= 4 is 0 Å². The maximum atomic E-state index is 10.7. The molecule has 2 rings (SSSR count). The minimum atomic E-state index is -0.530. The van der Waals surface area contributed by atoms with Crippen molar-refractivity contribution in [3.05, 3.63) is 23.8 Å². The molecule has 1 N–H and O–H groups in total. The summed E-state index contributed by atoms with van der Waals surface area (Å²) in [7, 11) is 5.12. The van der Waals surface area contributed by atoms with Crippen LogP contribution in [0.25, 0.3) is 0 Å². The average molecular weight is 413 g/mol. The smallest absolute Gasteiger partial charge is 0.158 e. The van der Waals surface area contributed by atoms with E-state index in [0.29, 0.717) is 0 Å². The van der Waals surface area contributed by atoms with Crippen molar-refractivity contribution in [3.63, 3.8) is 0 Å². The van der Waals surface area contributed by atoms with Gasteiger partial charge in [-0.1, -0.05) is 39.0 Å². The molecule has 7 unspecified atom stereocenters. The molecule has 2 aliphatic rings. The summed E-state index contributed by atoms with van der Waals surface area (Å²) in [6.07, 6.45) is 8.00.